The van der Waals surface area contributed by atoms with Crippen LogP contribution in [-0.4, -0.2) is 30.6 Å². The van der Waals surface area contributed by atoms with Gasteiger partial charge in [0, 0.05) is 17.1 Å². The van der Waals surface area contributed by atoms with Crippen LogP contribution in [0.2, 0.25) is 0 Å². The fourth-order valence-corrected chi connectivity index (χ4v) is 4.66. The predicted molar refractivity (Wildman–Crippen MR) is 121 cm³/mol. The van der Waals surface area contributed by atoms with E-state index in [1.165, 1.54) is 36.8 Å². The van der Waals surface area contributed by atoms with E-state index in [9.17, 15) is 19.2 Å². The molecule has 0 saturated carbocycles. The number of halogens is 1. The maximum Gasteiger partial charge on any atom is 0.348 e. The van der Waals surface area contributed by atoms with Crippen molar-refractivity contribution < 1.29 is 23.5 Å². The Balaban J connectivity index is 1.93. The Labute approximate surface area is 191 Å². The van der Waals surface area contributed by atoms with E-state index in [-0.39, 0.29) is 28.4 Å². The molecule has 0 aliphatic rings. The Morgan fingerprint density at radius 3 is 2.62 bits per heavy atom. The van der Waals surface area contributed by atoms with Crippen LogP contribution in [0.5, 0.6) is 0 Å². The minimum absolute atomic E-state index is 0.172. The predicted octanol–water partition coefficient (Wildman–Crippen LogP) is 5.26. The lowest BCUT2D eigenvalue weighted by Crippen LogP contribution is -2.08. The van der Waals surface area contributed by atoms with Crippen molar-refractivity contribution in [3.05, 3.63) is 62.7 Å². The lowest BCUT2D eigenvalue weighted by atomic mass is 10.1. The molecular weight excluding hydrogens is 453 g/mol. The van der Waals surface area contributed by atoms with Crippen LogP contribution in [0.15, 0.2) is 35.8 Å². The number of thiophene rings is 1. The van der Waals surface area contributed by atoms with E-state index in [1.807, 2.05) is 0 Å². The molecule has 0 aliphatic heterocycles. The molecule has 0 fully saturated rings. The van der Waals surface area contributed by atoms with Gasteiger partial charge in [0.05, 0.1) is 25.0 Å². The molecule has 1 aromatic carbocycles. The lowest BCUT2D eigenvalue weighted by molar-refractivity contribution is 0.0527. The average Bonchev–Trinajstić information content (AvgIpc) is 3.39. The zero-order chi connectivity index (χ0) is 23.3. The van der Waals surface area contributed by atoms with Gasteiger partial charge in [0.1, 0.15) is 32.3 Å². The van der Waals surface area contributed by atoms with E-state index >= 15 is 0 Å². The number of thiazole rings is 1. The Hall–Kier alpha value is -3.55. The quantitative estimate of drug-likeness (QED) is 0.370. The molecular formula is C22H18FN3O4S2. The molecule has 0 amide bonds. The second-order valence-corrected chi connectivity index (χ2v) is 8.21. The Morgan fingerprint density at radius 1 is 1.28 bits per heavy atom. The molecule has 164 valence electrons. The van der Waals surface area contributed by atoms with Crippen molar-refractivity contribution in [3.8, 4) is 17.3 Å². The molecule has 3 rings (SSSR count). The summed E-state index contributed by atoms with van der Waals surface area (Å²) in [6, 6.07) is 7.97. The van der Waals surface area contributed by atoms with E-state index in [1.54, 1.807) is 31.4 Å². The van der Waals surface area contributed by atoms with Gasteiger partial charge in [-0.15, -0.1) is 22.7 Å². The molecule has 2 aromatic heterocycles. The van der Waals surface area contributed by atoms with Crippen molar-refractivity contribution in [1.82, 2.24) is 4.98 Å². The minimum atomic E-state index is -0.585. The second-order valence-electron chi connectivity index (χ2n) is 6.33. The van der Waals surface area contributed by atoms with Crippen LogP contribution in [0, 0.1) is 24.1 Å². The van der Waals surface area contributed by atoms with E-state index in [4.69, 9.17) is 9.47 Å². The summed E-state index contributed by atoms with van der Waals surface area (Å²) in [6.45, 7) is 3.49. The molecule has 0 spiro atoms. The molecule has 32 heavy (non-hydrogen) atoms. The van der Waals surface area contributed by atoms with Gasteiger partial charge in [0.2, 0.25) is 0 Å². The fourth-order valence-electron chi connectivity index (χ4n) is 2.78. The highest BCUT2D eigenvalue weighted by Crippen LogP contribution is 2.35. The van der Waals surface area contributed by atoms with Gasteiger partial charge in [0.25, 0.3) is 0 Å². The molecule has 7 nitrogen and oxygen atoms in total. The van der Waals surface area contributed by atoms with Gasteiger partial charge in [0.15, 0.2) is 0 Å². The van der Waals surface area contributed by atoms with E-state index < -0.39 is 11.9 Å². The molecule has 0 saturated heterocycles. The number of methoxy groups -OCH3 is 1. The summed E-state index contributed by atoms with van der Waals surface area (Å²) in [5.41, 5.74) is 2.20. The molecule has 10 heteroatoms. The summed E-state index contributed by atoms with van der Waals surface area (Å²) in [5, 5.41) is 15.1. The van der Waals surface area contributed by atoms with Gasteiger partial charge < -0.3 is 14.8 Å². The van der Waals surface area contributed by atoms with Gasteiger partial charge in [-0.3, -0.25) is 0 Å². The van der Waals surface area contributed by atoms with Crippen LogP contribution in [0.4, 0.5) is 9.39 Å². The number of rotatable bonds is 7. The minimum Gasteiger partial charge on any atom is -0.465 e. The Kier molecular flexibility index (Phi) is 7.35. The van der Waals surface area contributed by atoms with Crippen LogP contribution in [0.1, 0.15) is 37.5 Å². The van der Waals surface area contributed by atoms with Crippen LogP contribution >= 0.6 is 22.7 Å². The van der Waals surface area contributed by atoms with Gasteiger partial charge >= 0.3 is 11.9 Å². The maximum atomic E-state index is 13.2. The van der Waals surface area contributed by atoms with E-state index in [0.29, 0.717) is 21.3 Å². The molecule has 0 radical (unpaired) electrons. The number of aromatic nitrogens is 1. The third kappa shape index (κ3) is 4.85. The number of benzene rings is 1. The smallest absolute Gasteiger partial charge is 0.348 e. The largest absolute Gasteiger partial charge is 0.465 e. The number of hydrogen-bond donors (Lipinski definition) is 1. The summed E-state index contributed by atoms with van der Waals surface area (Å²) in [7, 11) is 1.26. The van der Waals surface area contributed by atoms with Crippen LogP contribution in [0.3, 0.4) is 0 Å². The van der Waals surface area contributed by atoms with Gasteiger partial charge in [-0.1, -0.05) is 0 Å². The zero-order valence-corrected chi connectivity index (χ0v) is 19.0. The highest BCUT2D eigenvalue weighted by Gasteiger charge is 2.26. The van der Waals surface area contributed by atoms with Crippen molar-refractivity contribution in [2.45, 2.75) is 13.8 Å². The third-order valence-corrected chi connectivity index (χ3v) is 6.42. The first-order chi connectivity index (χ1) is 15.4. The molecule has 1 N–H and O–H groups in total. The number of nitrogens with one attached hydrogen (secondary N) is 1. The standard InChI is InChI=1S/C22H18FN3O4S2/c1-4-30-21(27)17-12(2)18(22(28)29-3)32-20(17)25-10-14(9-24)19-26-16(11-31-19)13-5-7-15(23)8-6-13/h5-8,10-11,25H,4H2,1-3H3. The first-order valence-electron chi connectivity index (χ1n) is 9.37. The fraction of sp³-hybridized carbons (Fsp3) is 0.182. The number of carbonyl (C=O) groups is 2. The van der Waals surface area contributed by atoms with E-state index in [2.05, 4.69) is 16.4 Å². The number of nitriles is 1. The summed E-state index contributed by atoms with van der Waals surface area (Å²) in [6.07, 6.45) is 1.42. The molecule has 0 bridgehead atoms. The Bertz CT molecular complexity index is 1220. The Morgan fingerprint density at radius 2 is 2.00 bits per heavy atom. The van der Waals surface area contributed by atoms with Crippen molar-refractivity contribution in [2.24, 2.45) is 0 Å². The summed E-state index contributed by atoms with van der Waals surface area (Å²) in [5.74, 6) is -1.50. The van der Waals surface area contributed by atoms with Gasteiger partial charge in [-0.25, -0.2) is 19.0 Å². The van der Waals surface area contributed by atoms with Crippen molar-refractivity contribution in [2.75, 3.05) is 19.0 Å². The normalized spacial score (nSPS) is 11.0. The summed E-state index contributed by atoms with van der Waals surface area (Å²) >= 11 is 2.28. The topological polar surface area (TPSA) is 101 Å². The number of nitrogens with zero attached hydrogens (tertiary/aromatic N) is 2. The lowest BCUT2D eigenvalue weighted by Gasteiger charge is -2.05. The number of ether oxygens (including phenoxy) is 2. The molecule has 0 aliphatic carbocycles. The first-order valence-corrected chi connectivity index (χ1v) is 11.1. The van der Waals surface area contributed by atoms with Gasteiger partial charge in [-0.05, 0) is 43.7 Å². The molecule has 0 atom stereocenters. The SMILES string of the molecule is CCOC(=O)c1c(NC=C(C#N)c2nc(-c3ccc(F)cc3)cs2)sc(C(=O)OC)c1C. The number of hydrogen-bond acceptors (Lipinski definition) is 9. The van der Waals surface area contributed by atoms with Crippen molar-refractivity contribution in [1.29, 1.82) is 5.26 Å². The molecule has 2 heterocycles. The maximum absolute atomic E-state index is 13.2. The zero-order valence-electron chi connectivity index (χ0n) is 17.4. The highest BCUT2D eigenvalue weighted by molar-refractivity contribution is 7.18. The van der Waals surface area contributed by atoms with Crippen LogP contribution < -0.4 is 5.32 Å². The second kappa shape index (κ2) is 10.2. The number of carbonyl (C=O) groups excluding carboxylic acids is 2. The van der Waals surface area contributed by atoms with Crippen LogP contribution in [0.25, 0.3) is 16.8 Å². The molecule has 3 aromatic rings. The summed E-state index contributed by atoms with van der Waals surface area (Å²) < 4.78 is 23.0. The first kappa shape index (κ1) is 23.1. The van der Waals surface area contributed by atoms with Gasteiger partial charge in [-0.2, -0.15) is 5.26 Å². The number of anilines is 1. The monoisotopic (exact) mass is 471 g/mol. The number of esters is 2. The highest BCUT2D eigenvalue weighted by atomic mass is 32.1. The van der Waals surface area contributed by atoms with Crippen molar-refractivity contribution in [3.63, 3.8) is 0 Å². The summed E-state index contributed by atoms with van der Waals surface area (Å²) in [4.78, 5) is 29.2. The number of allylic oxidation sites excluding steroid dienone is 1. The molecule has 0 unspecified atom stereocenters. The van der Waals surface area contributed by atoms with E-state index in [0.717, 1.165) is 16.9 Å². The third-order valence-electron chi connectivity index (χ3n) is 4.34. The van der Waals surface area contributed by atoms with Crippen molar-refractivity contribution >= 4 is 45.2 Å². The average molecular weight is 472 g/mol. The van der Waals surface area contributed by atoms with Crippen LogP contribution in [-0.2, 0) is 9.47 Å².